The molecule has 130 valence electrons. The van der Waals surface area contributed by atoms with Crippen LogP contribution in [0.3, 0.4) is 0 Å². The van der Waals surface area contributed by atoms with Gasteiger partial charge in [0.05, 0.1) is 12.8 Å². The predicted molar refractivity (Wildman–Crippen MR) is 87.6 cm³/mol. The fraction of sp³-hybridized carbons (Fsp3) is 0.950. The zero-order valence-electron chi connectivity index (χ0n) is 14.6. The van der Waals surface area contributed by atoms with Gasteiger partial charge in [-0.25, -0.2) is 0 Å². The molecular formula is C20H31FO2. The van der Waals surface area contributed by atoms with Gasteiger partial charge in [0.2, 0.25) is 0 Å². The van der Waals surface area contributed by atoms with Crippen molar-refractivity contribution >= 4 is 5.78 Å². The average molecular weight is 322 g/mol. The standard InChI is InChI=1S/C20H31FO2/c1-19-7-5-14(22)10-13(19)3-4-15-16(19)6-8-20(2)17(23)9-12(11-21)18(15)20/h12-13,15-18,23H,3-11H2,1-2H3/t12?,13-,15+,16-,17-,18-,19-,20+/m0/s1. The van der Waals surface area contributed by atoms with Crippen LogP contribution in [-0.2, 0) is 4.79 Å². The van der Waals surface area contributed by atoms with Gasteiger partial charge in [0, 0.05) is 12.8 Å². The third-order valence-corrected chi connectivity index (χ3v) is 8.77. The summed E-state index contributed by atoms with van der Waals surface area (Å²) in [5.74, 6) is 2.58. The average Bonchev–Trinajstić information content (AvgIpc) is 2.79. The number of rotatable bonds is 1. The molecule has 0 spiro atoms. The number of hydrogen-bond donors (Lipinski definition) is 1. The summed E-state index contributed by atoms with van der Waals surface area (Å²) in [5.41, 5.74) is 0.193. The number of hydrogen-bond acceptors (Lipinski definition) is 2. The van der Waals surface area contributed by atoms with E-state index in [9.17, 15) is 14.3 Å². The summed E-state index contributed by atoms with van der Waals surface area (Å²) >= 11 is 0. The van der Waals surface area contributed by atoms with E-state index in [2.05, 4.69) is 13.8 Å². The topological polar surface area (TPSA) is 37.3 Å². The molecule has 0 saturated heterocycles. The first kappa shape index (κ1) is 16.1. The van der Waals surface area contributed by atoms with Crippen molar-refractivity contribution in [2.24, 2.45) is 40.4 Å². The van der Waals surface area contributed by atoms with Gasteiger partial charge in [-0.05, 0) is 78.9 Å². The van der Waals surface area contributed by atoms with Gasteiger partial charge >= 0.3 is 0 Å². The Bertz CT molecular complexity index is 506. The first-order valence-electron chi connectivity index (χ1n) is 9.66. The molecule has 0 aromatic heterocycles. The summed E-state index contributed by atoms with van der Waals surface area (Å²) < 4.78 is 13.7. The Hall–Kier alpha value is -0.440. The second-order valence-corrected chi connectivity index (χ2v) is 9.53. The number of aliphatic hydroxyl groups excluding tert-OH is 1. The van der Waals surface area contributed by atoms with Crippen molar-refractivity contribution in [3.8, 4) is 0 Å². The molecular weight excluding hydrogens is 291 g/mol. The second kappa shape index (κ2) is 5.28. The molecule has 3 heteroatoms. The normalized spacial score (nSPS) is 55.9. The number of Topliss-reactive ketones (excluding diaryl/α,β-unsaturated/α-hetero) is 1. The van der Waals surface area contributed by atoms with Crippen LogP contribution < -0.4 is 0 Å². The minimum atomic E-state index is -0.326. The fourth-order valence-corrected chi connectivity index (χ4v) is 7.46. The van der Waals surface area contributed by atoms with Gasteiger partial charge in [0.1, 0.15) is 5.78 Å². The third kappa shape index (κ3) is 2.11. The van der Waals surface area contributed by atoms with Crippen LogP contribution in [0.2, 0.25) is 0 Å². The Morgan fingerprint density at radius 1 is 1.17 bits per heavy atom. The monoisotopic (exact) mass is 322 g/mol. The number of fused-ring (bicyclic) bond motifs is 5. The van der Waals surface area contributed by atoms with E-state index in [4.69, 9.17) is 0 Å². The van der Waals surface area contributed by atoms with Crippen LogP contribution in [0.25, 0.3) is 0 Å². The number of carbonyl (C=O) groups is 1. The van der Waals surface area contributed by atoms with Crippen molar-refractivity contribution in [1.29, 1.82) is 0 Å². The lowest BCUT2D eigenvalue weighted by Crippen LogP contribution is -2.55. The maximum Gasteiger partial charge on any atom is 0.133 e. The van der Waals surface area contributed by atoms with Crippen LogP contribution in [0.15, 0.2) is 0 Å². The summed E-state index contributed by atoms with van der Waals surface area (Å²) in [6.07, 6.45) is 7.34. The van der Waals surface area contributed by atoms with Gasteiger partial charge in [-0.1, -0.05) is 13.8 Å². The number of aliphatic hydroxyl groups is 1. The van der Waals surface area contributed by atoms with E-state index >= 15 is 0 Å². The largest absolute Gasteiger partial charge is 0.393 e. The molecule has 0 amide bonds. The molecule has 0 heterocycles. The molecule has 23 heavy (non-hydrogen) atoms. The first-order chi connectivity index (χ1) is 10.9. The molecule has 0 bridgehead atoms. The molecule has 0 radical (unpaired) electrons. The van der Waals surface area contributed by atoms with Crippen molar-refractivity contribution in [2.45, 2.75) is 71.3 Å². The van der Waals surface area contributed by atoms with Gasteiger partial charge < -0.3 is 5.11 Å². The van der Waals surface area contributed by atoms with Crippen molar-refractivity contribution in [3.63, 3.8) is 0 Å². The van der Waals surface area contributed by atoms with E-state index in [1.54, 1.807) is 0 Å². The van der Waals surface area contributed by atoms with E-state index in [1.807, 2.05) is 0 Å². The van der Waals surface area contributed by atoms with Crippen LogP contribution >= 0.6 is 0 Å². The number of ketones is 1. The zero-order valence-corrected chi connectivity index (χ0v) is 14.6. The summed E-state index contributed by atoms with van der Waals surface area (Å²) in [6, 6.07) is 0. The highest BCUT2D eigenvalue weighted by molar-refractivity contribution is 5.79. The van der Waals surface area contributed by atoms with E-state index in [0.29, 0.717) is 35.9 Å². The van der Waals surface area contributed by atoms with Crippen LogP contribution in [0.4, 0.5) is 4.39 Å². The molecule has 0 aromatic carbocycles. The third-order valence-electron chi connectivity index (χ3n) is 8.77. The van der Waals surface area contributed by atoms with E-state index in [0.717, 1.165) is 44.9 Å². The van der Waals surface area contributed by atoms with Crippen molar-refractivity contribution in [3.05, 3.63) is 0 Å². The van der Waals surface area contributed by atoms with Crippen LogP contribution in [0, 0.1) is 40.4 Å². The highest BCUT2D eigenvalue weighted by Gasteiger charge is 2.62. The first-order valence-corrected chi connectivity index (χ1v) is 9.66. The van der Waals surface area contributed by atoms with Crippen LogP contribution in [-0.4, -0.2) is 23.7 Å². The van der Waals surface area contributed by atoms with Gasteiger partial charge in [-0.2, -0.15) is 0 Å². The maximum atomic E-state index is 13.7. The molecule has 0 aromatic rings. The van der Waals surface area contributed by atoms with E-state index < -0.39 is 0 Å². The summed E-state index contributed by atoms with van der Waals surface area (Å²) in [7, 11) is 0. The van der Waals surface area contributed by atoms with E-state index in [-0.39, 0.29) is 29.5 Å². The van der Waals surface area contributed by atoms with E-state index in [1.165, 1.54) is 0 Å². The molecule has 4 saturated carbocycles. The Morgan fingerprint density at radius 2 is 1.96 bits per heavy atom. The number of halogens is 1. The van der Waals surface area contributed by atoms with Gasteiger partial charge in [-0.3, -0.25) is 9.18 Å². The Balaban J connectivity index is 1.67. The van der Waals surface area contributed by atoms with Crippen LogP contribution in [0.5, 0.6) is 0 Å². The lowest BCUT2D eigenvalue weighted by Gasteiger charge is -2.60. The Kier molecular flexibility index (Phi) is 3.68. The molecule has 1 N–H and O–H groups in total. The molecule has 4 aliphatic carbocycles. The molecule has 4 aliphatic rings. The lowest BCUT2D eigenvalue weighted by atomic mass is 9.44. The molecule has 0 aliphatic heterocycles. The Labute approximate surface area is 139 Å². The highest BCUT2D eigenvalue weighted by atomic mass is 19.1. The molecule has 8 atom stereocenters. The minimum absolute atomic E-state index is 0.0492. The lowest BCUT2D eigenvalue weighted by molar-refractivity contribution is -0.144. The van der Waals surface area contributed by atoms with Gasteiger partial charge in [0.25, 0.3) is 0 Å². The summed E-state index contributed by atoms with van der Waals surface area (Å²) in [4.78, 5) is 11.9. The molecule has 4 rings (SSSR count). The molecule has 2 nitrogen and oxygen atoms in total. The molecule has 4 fully saturated rings. The summed E-state index contributed by atoms with van der Waals surface area (Å²) in [6.45, 7) is 4.35. The maximum absolute atomic E-state index is 13.7. The second-order valence-electron chi connectivity index (χ2n) is 9.53. The van der Waals surface area contributed by atoms with Gasteiger partial charge in [0.15, 0.2) is 0 Å². The predicted octanol–water partition coefficient (Wildman–Crippen LogP) is 4.15. The quantitative estimate of drug-likeness (QED) is 0.787. The van der Waals surface area contributed by atoms with Crippen molar-refractivity contribution in [1.82, 2.24) is 0 Å². The highest BCUT2D eigenvalue weighted by Crippen LogP contribution is 2.67. The van der Waals surface area contributed by atoms with Crippen molar-refractivity contribution in [2.75, 3.05) is 6.67 Å². The zero-order chi connectivity index (χ0) is 16.4. The summed E-state index contributed by atoms with van der Waals surface area (Å²) in [5, 5.41) is 10.6. The van der Waals surface area contributed by atoms with Crippen molar-refractivity contribution < 1.29 is 14.3 Å². The fourth-order valence-electron chi connectivity index (χ4n) is 7.46. The number of carbonyl (C=O) groups excluding carboxylic acids is 1. The Morgan fingerprint density at radius 3 is 2.70 bits per heavy atom. The molecule has 1 unspecified atom stereocenters. The van der Waals surface area contributed by atoms with Crippen LogP contribution in [0.1, 0.15) is 65.2 Å². The SMILES string of the molecule is C[C@]12CCC(=O)C[C@@H]1CC[C@@H]1[C@@H]2CC[C@]2(C)[C@@H](O)CC(CF)[C@@H]12. The van der Waals surface area contributed by atoms with Gasteiger partial charge in [-0.15, -0.1) is 0 Å². The number of alkyl halides is 1. The smallest absolute Gasteiger partial charge is 0.133 e. The minimum Gasteiger partial charge on any atom is -0.393 e.